The molecule has 0 saturated heterocycles. The minimum Gasteiger partial charge on any atom is -0.507 e. The van der Waals surface area contributed by atoms with Gasteiger partial charge in [-0.3, -0.25) is 9.69 Å². The van der Waals surface area contributed by atoms with Crippen LogP contribution in [0.5, 0.6) is 11.5 Å². The molecule has 32 heavy (non-hydrogen) atoms. The second-order valence-corrected chi connectivity index (χ2v) is 7.92. The Kier molecular flexibility index (Phi) is 6.28. The summed E-state index contributed by atoms with van der Waals surface area (Å²) >= 11 is 0. The summed E-state index contributed by atoms with van der Waals surface area (Å²) in [6, 6.07) is 20.7. The van der Waals surface area contributed by atoms with Crippen molar-refractivity contribution in [3.05, 3.63) is 93.8 Å². The minimum atomic E-state index is -0.0923. The number of benzene rings is 3. The standard InChI is InChI=1S/C27H27NO4/c1-4-31-21-12-10-19(11-13-21)16-28(3)17-23-24(29)15-14-22-26(30)25(18(2)32-27(22)23)20-8-6-5-7-9-20/h5-15,29H,4,16-17H2,1-3H3. The minimum absolute atomic E-state index is 0.0923. The second-order valence-electron chi connectivity index (χ2n) is 7.92. The molecule has 0 aliphatic heterocycles. The molecule has 0 aliphatic carbocycles. The van der Waals surface area contributed by atoms with E-state index in [-0.39, 0.29) is 11.2 Å². The number of hydrogen-bond donors (Lipinski definition) is 1. The van der Waals surface area contributed by atoms with Crippen LogP contribution in [0.3, 0.4) is 0 Å². The molecule has 0 saturated carbocycles. The van der Waals surface area contributed by atoms with Crippen LogP contribution < -0.4 is 10.2 Å². The van der Waals surface area contributed by atoms with Crippen LogP contribution in [0.25, 0.3) is 22.1 Å². The van der Waals surface area contributed by atoms with Gasteiger partial charge in [0.25, 0.3) is 0 Å². The third kappa shape index (κ3) is 4.39. The highest BCUT2D eigenvalue weighted by Crippen LogP contribution is 2.31. The zero-order valence-electron chi connectivity index (χ0n) is 18.6. The molecule has 5 heteroatoms. The van der Waals surface area contributed by atoms with E-state index in [1.54, 1.807) is 19.1 Å². The van der Waals surface area contributed by atoms with E-state index in [1.165, 1.54) is 0 Å². The maximum atomic E-state index is 13.3. The predicted molar refractivity (Wildman–Crippen MR) is 127 cm³/mol. The number of rotatable bonds is 7. The molecule has 1 heterocycles. The van der Waals surface area contributed by atoms with Gasteiger partial charge in [-0.2, -0.15) is 0 Å². The molecule has 0 fully saturated rings. The largest absolute Gasteiger partial charge is 0.507 e. The van der Waals surface area contributed by atoms with Crippen molar-refractivity contribution in [3.63, 3.8) is 0 Å². The fourth-order valence-electron chi connectivity index (χ4n) is 4.00. The number of aryl methyl sites for hydroxylation is 1. The quantitative estimate of drug-likeness (QED) is 0.420. The van der Waals surface area contributed by atoms with Gasteiger partial charge in [-0.25, -0.2) is 0 Å². The highest BCUT2D eigenvalue weighted by atomic mass is 16.5. The summed E-state index contributed by atoms with van der Waals surface area (Å²) in [6.45, 7) is 5.50. The molecule has 1 N–H and O–H groups in total. The Morgan fingerprint density at radius 3 is 2.38 bits per heavy atom. The lowest BCUT2D eigenvalue weighted by Crippen LogP contribution is -2.18. The Morgan fingerprint density at radius 1 is 0.969 bits per heavy atom. The van der Waals surface area contributed by atoms with Crippen LogP contribution >= 0.6 is 0 Å². The van der Waals surface area contributed by atoms with Crippen LogP contribution in [0.2, 0.25) is 0 Å². The fraction of sp³-hybridized carbons (Fsp3) is 0.222. The Bertz CT molecular complexity index is 1280. The smallest absolute Gasteiger partial charge is 0.200 e. The summed E-state index contributed by atoms with van der Waals surface area (Å²) in [7, 11) is 1.97. The Labute approximate surface area is 187 Å². The van der Waals surface area contributed by atoms with Crippen molar-refractivity contribution in [2.24, 2.45) is 0 Å². The van der Waals surface area contributed by atoms with Crippen LogP contribution in [0.15, 0.2) is 75.9 Å². The van der Waals surface area contributed by atoms with Crippen molar-refractivity contribution in [2.45, 2.75) is 26.9 Å². The third-order valence-corrected chi connectivity index (χ3v) is 5.49. The molecular weight excluding hydrogens is 402 g/mol. The van der Waals surface area contributed by atoms with Gasteiger partial charge < -0.3 is 14.3 Å². The first-order valence-corrected chi connectivity index (χ1v) is 10.7. The average molecular weight is 430 g/mol. The molecule has 5 nitrogen and oxygen atoms in total. The van der Waals surface area contributed by atoms with E-state index in [1.807, 2.05) is 68.6 Å². The van der Waals surface area contributed by atoms with Gasteiger partial charge in [0.2, 0.25) is 5.43 Å². The number of aromatic hydroxyl groups is 1. The highest BCUT2D eigenvalue weighted by molar-refractivity contribution is 5.86. The molecular formula is C27H27NO4. The zero-order chi connectivity index (χ0) is 22.7. The Morgan fingerprint density at radius 2 is 1.69 bits per heavy atom. The third-order valence-electron chi connectivity index (χ3n) is 5.49. The molecule has 1 aromatic heterocycles. The van der Waals surface area contributed by atoms with Gasteiger partial charge in [0.15, 0.2) is 0 Å². The molecule has 3 aromatic carbocycles. The summed E-state index contributed by atoms with van der Waals surface area (Å²) in [5.41, 5.74) is 3.45. The highest BCUT2D eigenvalue weighted by Gasteiger charge is 2.19. The van der Waals surface area contributed by atoms with Gasteiger partial charge in [-0.05, 0) is 56.3 Å². The topological polar surface area (TPSA) is 62.9 Å². The summed E-state index contributed by atoms with van der Waals surface area (Å²) in [4.78, 5) is 15.4. The maximum Gasteiger partial charge on any atom is 0.200 e. The normalized spacial score (nSPS) is 11.2. The molecule has 0 bridgehead atoms. The molecule has 4 rings (SSSR count). The number of phenolic OH excluding ortho intramolecular Hbond substituents is 1. The average Bonchev–Trinajstić information content (AvgIpc) is 2.78. The van der Waals surface area contributed by atoms with Gasteiger partial charge in [0.1, 0.15) is 22.8 Å². The Hall–Kier alpha value is -3.57. The van der Waals surface area contributed by atoms with Gasteiger partial charge >= 0.3 is 0 Å². The maximum absolute atomic E-state index is 13.3. The van der Waals surface area contributed by atoms with Gasteiger partial charge in [0.05, 0.1) is 23.1 Å². The molecule has 4 aromatic rings. The van der Waals surface area contributed by atoms with Crippen LogP contribution in [0, 0.1) is 6.92 Å². The lowest BCUT2D eigenvalue weighted by molar-refractivity contribution is 0.311. The van der Waals surface area contributed by atoms with Crippen LogP contribution in [0.4, 0.5) is 0 Å². The first-order chi connectivity index (χ1) is 15.5. The summed E-state index contributed by atoms with van der Waals surface area (Å²) in [6.07, 6.45) is 0. The first kappa shape index (κ1) is 21.7. The number of fused-ring (bicyclic) bond motifs is 1. The molecule has 0 aliphatic rings. The van der Waals surface area contributed by atoms with E-state index < -0.39 is 0 Å². The van der Waals surface area contributed by atoms with Crippen molar-refractivity contribution in [1.29, 1.82) is 0 Å². The van der Waals surface area contributed by atoms with Crippen molar-refractivity contribution >= 4 is 11.0 Å². The van der Waals surface area contributed by atoms with Gasteiger partial charge in [-0.15, -0.1) is 0 Å². The fourth-order valence-corrected chi connectivity index (χ4v) is 4.00. The van der Waals surface area contributed by atoms with Crippen molar-refractivity contribution < 1.29 is 14.3 Å². The zero-order valence-corrected chi connectivity index (χ0v) is 18.6. The monoisotopic (exact) mass is 429 g/mol. The summed E-state index contributed by atoms with van der Waals surface area (Å²) < 4.78 is 11.6. The SMILES string of the molecule is CCOc1ccc(CN(C)Cc2c(O)ccc3c(=O)c(-c4ccccc4)c(C)oc23)cc1. The number of nitrogens with zero attached hydrogens (tertiary/aromatic N) is 1. The molecule has 0 unspecified atom stereocenters. The Balaban J connectivity index is 1.66. The molecule has 0 radical (unpaired) electrons. The molecule has 0 atom stereocenters. The van der Waals surface area contributed by atoms with E-state index in [2.05, 4.69) is 4.90 Å². The lowest BCUT2D eigenvalue weighted by atomic mass is 10.0. The number of ether oxygens (including phenoxy) is 1. The van der Waals surface area contributed by atoms with Crippen LogP contribution in [-0.2, 0) is 13.1 Å². The summed E-state index contributed by atoms with van der Waals surface area (Å²) in [5, 5.41) is 11.1. The van der Waals surface area contributed by atoms with E-state index in [4.69, 9.17) is 9.15 Å². The number of phenols is 1. The van der Waals surface area contributed by atoms with Gasteiger partial charge in [-0.1, -0.05) is 42.5 Å². The van der Waals surface area contributed by atoms with Crippen LogP contribution in [0.1, 0.15) is 23.8 Å². The van der Waals surface area contributed by atoms with Crippen molar-refractivity contribution in [2.75, 3.05) is 13.7 Å². The molecule has 164 valence electrons. The number of hydrogen-bond acceptors (Lipinski definition) is 5. The van der Waals surface area contributed by atoms with E-state index in [9.17, 15) is 9.90 Å². The molecule has 0 amide bonds. The van der Waals surface area contributed by atoms with Gasteiger partial charge in [0, 0.05) is 13.1 Å². The predicted octanol–water partition coefficient (Wildman–Crippen LogP) is 5.50. The van der Waals surface area contributed by atoms with Crippen molar-refractivity contribution in [1.82, 2.24) is 4.90 Å². The van der Waals surface area contributed by atoms with Crippen LogP contribution in [-0.4, -0.2) is 23.7 Å². The molecule has 0 spiro atoms. The van der Waals surface area contributed by atoms with E-state index in [0.717, 1.165) is 16.9 Å². The first-order valence-electron chi connectivity index (χ1n) is 10.7. The summed E-state index contributed by atoms with van der Waals surface area (Å²) in [5.74, 6) is 1.50. The second kappa shape index (κ2) is 9.28. The van der Waals surface area contributed by atoms with Crippen molar-refractivity contribution in [3.8, 4) is 22.6 Å². The van der Waals surface area contributed by atoms with E-state index in [0.29, 0.717) is 47.6 Å². The van der Waals surface area contributed by atoms with E-state index >= 15 is 0 Å². The lowest BCUT2D eigenvalue weighted by Gasteiger charge is -2.19.